The van der Waals surface area contributed by atoms with E-state index in [4.69, 9.17) is 0 Å². The summed E-state index contributed by atoms with van der Waals surface area (Å²) in [6, 6.07) is 4.39. The van der Waals surface area contributed by atoms with Crippen LogP contribution in [-0.2, 0) is 10.1 Å². The first-order valence-electron chi connectivity index (χ1n) is 4.66. The largest absolute Gasteiger partial charge is 0.534 e. The van der Waals surface area contributed by atoms with Gasteiger partial charge in [0.15, 0.2) is 0 Å². The monoisotopic (exact) mass is 280 g/mol. The number of alkyl halides is 3. The van der Waals surface area contributed by atoms with Gasteiger partial charge in [-0.15, -0.1) is 5.10 Å². The molecule has 0 spiro atoms. The zero-order valence-corrected chi connectivity index (χ0v) is 9.79. The average Bonchev–Trinajstić information content (AvgIpc) is 2.56. The molecule has 0 aliphatic carbocycles. The van der Waals surface area contributed by atoms with Crippen LogP contribution in [-0.4, -0.2) is 23.5 Å². The normalized spacial score (nSPS) is 12.9. The SMILES string of the molecule is Cc1ccc2cc(OS(=O)(=O)C(F)(F)F)nn2c1. The summed E-state index contributed by atoms with van der Waals surface area (Å²) >= 11 is 0. The van der Waals surface area contributed by atoms with Gasteiger partial charge >= 0.3 is 15.6 Å². The van der Waals surface area contributed by atoms with E-state index in [0.29, 0.717) is 5.52 Å². The number of hydrogen-bond acceptors (Lipinski definition) is 4. The van der Waals surface area contributed by atoms with Gasteiger partial charge in [0.05, 0.1) is 5.52 Å². The Balaban J connectivity index is 2.39. The zero-order valence-electron chi connectivity index (χ0n) is 8.97. The third kappa shape index (κ3) is 2.26. The highest BCUT2D eigenvalue weighted by molar-refractivity contribution is 7.87. The van der Waals surface area contributed by atoms with E-state index in [2.05, 4.69) is 9.28 Å². The molecule has 5 nitrogen and oxygen atoms in total. The van der Waals surface area contributed by atoms with Crippen LogP contribution in [0.3, 0.4) is 0 Å². The number of halogens is 3. The second-order valence-corrected chi connectivity index (χ2v) is 5.08. The molecule has 0 atom stereocenters. The summed E-state index contributed by atoms with van der Waals surface area (Å²) in [7, 11) is -5.68. The third-order valence-corrected chi connectivity index (χ3v) is 3.02. The second-order valence-electron chi connectivity index (χ2n) is 3.54. The van der Waals surface area contributed by atoms with Crippen molar-refractivity contribution >= 4 is 15.6 Å². The van der Waals surface area contributed by atoms with Gasteiger partial charge in [0.1, 0.15) is 0 Å². The van der Waals surface area contributed by atoms with Crippen molar-refractivity contribution in [3.8, 4) is 5.88 Å². The van der Waals surface area contributed by atoms with Crippen LogP contribution in [0.25, 0.3) is 5.52 Å². The Labute approximate surface area is 99.9 Å². The Hall–Kier alpha value is -1.77. The summed E-state index contributed by atoms with van der Waals surface area (Å²) in [6.45, 7) is 1.76. The number of nitrogens with zero attached hydrogens (tertiary/aromatic N) is 2. The van der Waals surface area contributed by atoms with Crippen LogP contribution in [0.5, 0.6) is 5.88 Å². The number of fused-ring (bicyclic) bond motifs is 1. The number of aromatic nitrogens is 2. The van der Waals surface area contributed by atoms with Gasteiger partial charge in [0.2, 0.25) is 0 Å². The van der Waals surface area contributed by atoms with Crippen molar-refractivity contribution in [3.63, 3.8) is 0 Å². The molecule has 9 heteroatoms. The van der Waals surface area contributed by atoms with E-state index in [1.165, 1.54) is 10.7 Å². The van der Waals surface area contributed by atoms with Crippen LogP contribution < -0.4 is 4.18 Å². The lowest BCUT2D eigenvalue weighted by Gasteiger charge is -2.06. The Morgan fingerprint density at radius 2 is 2.00 bits per heavy atom. The summed E-state index contributed by atoms with van der Waals surface area (Å²) in [5.41, 5.74) is -4.23. The van der Waals surface area contributed by atoms with Crippen molar-refractivity contribution in [1.29, 1.82) is 0 Å². The predicted molar refractivity (Wildman–Crippen MR) is 55.5 cm³/mol. The second kappa shape index (κ2) is 3.87. The van der Waals surface area contributed by atoms with Gasteiger partial charge in [0.25, 0.3) is 5.88 Å². The molecule has 2 heterocycles. The molecule has 0 bridgehead atoms. The van der Waals surface area contributed by atoms with Crippen molar-refractivity contribution in [2.45, 2.75) is 12.4 Å². The molecule has 18 heavy (non-hydrogen) atoms. The smallest absolute Gasteiger partial charge is 0.354 e. The summed E-state index contributed by atoms with van der Waals surface area (Å²) in [5.74, 6) is -0.627. The van der Waals surface area contributed by atoms with Gasteiger partial charge in [-0.25, -0.2) is 4.52 Å². The minimum absolute atomic E-state index is 0.424. The van der Waals surface area contributed by atoms with Gasteiger partial charge < -0.3 is 4.18 Å². The maximum absolute atomic E-state index is 12.1. The molecule has 0 saturated carbocycles. The predicted octanol–water partition coefficient (Wildman–Crippen LogP) is 1.87. The van der Waals surface area contributed by atoms with Gasteiger partial charge in [-0.05, 0) is 18.6 Å². The maximum Gasteiger partial charge on any atom is 0.534 e. The van der Waals surface area contributed by atoms with E-state index < -0.39 is 21.5 Å². The Morgan fingerprint density at radius 3 is 2.61 bits per heavy atom. The van der Waals surface area contributed by atoms with Crippen molar-refractivity contribution in [1.82, 2.24) is 9.61 Å². The summed E-state index contributed by atoms with van der Waals surface area (Å²) in [6.07, 6.45) is 1.53. The average molecular weight is 280 g/mol. The van der Waals surface area contributed by atoms with Crippen molar-refractivity contribution < 1.29 is 25.8 Å². The fourth-order valence-electron chi connectivity index (χ4n) is 1.27. The molecule has 0 radical (unpaired) electrons. The van der Waals surface area contributed by atoms with Crippen LogP contribution in [0, 0.1) is 6.92 Å². The van der Waals surface area contributed by atoms with Crippen LogP contribution in [0.15, 0.2) is 24.4 Å². The first-order valence-corrected chi connectivity index (χ1v) is 6.07. The number of hydrogen-bond donors (Lipinski definition) is 0. The fourth-order valence-corrected chi connectivity index (χ4v) is 1.67. The molecule has 98 valence electrons. The Kier molecular flexibility index (Phi) is 2.73. The number of aryl methyl sites for hydroxylation is 1. The van der Waals surface area contributed by atoms with Gasteiger partial charge in [0, 0.05) is 12.3 Å². The minimum atomic E-state index is -5.68. The van der Waals surface area contributed by atoms with Crippen LogP contribution >= 0.6 is 0 Å². The molecule has 2 aromatic heterocycles. The zero-order chi connectivity index (χ0) is 13.6. The van der Waals surface area contributed by atoms with Crippen molar-refractivity contribution in [3.05, 3.63) is 30.0 Å². The first kappa shape index (κ1) is 12.7. The molecule has 0 aliphatic rings. The van der Waals surface area contributed by atoms with Gasteiger partial charge in [-0.3, -0.25) is 0 Å². The van der Waals surface area contributed by atoms with E-state index in [9.17, 15) is 21.6 Å². The van der Waals surface area contributed by atoms with Gasteiger partial charge in [-0.2, -0.15) is 21.6 Å². The van der Waals surface area contributed by atoms with E-state index >= 15 is 0 Å². The lowest BCUT2D eigenvalue weighted by molar-refractivity contribution is -0.0501. The summed E-state index contributed by atoms with van der Waals surface area (Å²) < 4.78 is 63.0. The highest BCUT2D eigenvalue weighted by Gasteiger charge is 2.49. The highest BCUT2D eigenvalue weighted by Crippen LogP contribution is 2.26. The molecule has 0 amide bonds. The van der Waals surface area contributed by atoms with E-state index in [1.807, 2.05) is 0 Å². The van der Waals surface area contributed by atoms with Crippen molar-refractivity contribution in [2.75, 3.05) is 0 Å². The standard InChI is InChI=1S/C9H7F3N2O3S/c1-6-2-3-7-4-8(13-14(7)5-6)17-18(15,16)9(10,11)12/h2-5H,1H3. The molecule has 0 aromatic carbocycles. The third-order valence-electron chi connectivity index (χ3n) is 2.06. The lowest BCUT2D eigenvalue weighted by Crippen LogP contribution is -2.28. The van der Waals surface area contributed by atoms with Crippen LogP contribution in [0.1, 0.15) is 5.56 Å². The highest BCUT2D eigenvalue weighted by atomic mass is 32.2. The fraction of sp³-hybridized carbons (Fsp3) is 0.222. The molecule has 0 saturated heterocycles. The summed E-state index contributed by atoms with van der Waals surface area (Å²) in [5, 5.41) is 3.59. The number of rotatable bonds is 2. The van der Waals surface area contributed by atoms with Crippen molar-refractivity contribution in [2.24, 2.45) is 0 Å². The number of pyridine rings is 1. The van der Waals surface area contributed by atoms with E-state index in [0.717, 1.165) is 11.6 Å². The molecule has 0 aliphatic heterocycles. The quantitative estimate of drug-likeness (QED) is 0.622. The van der Waals surface area contributed by atoms with Gasteiger partial charge in [-0.1, -0.05) is 6.07 Å². The molecule has 0 fully saturated rings. The molecule has 0 unspecified atom stereocenters. The molecule has 0 N–H and O–H groups in total. The van der Waals surface area contributed by atoms with E-state index in [1.54, 1.807) is 19.1 Å². The summed E-state index contributed by atoms with van der Waals surface area (Å²) in [4.78, 5) is 0. The Bertz CT molecular complexity index is 691. The van der Waals surface area contributed by atoms with Crippen LogP contribution in [0.2, 0.25) is 0 Å². The molecule has 2 aromatic rings. The van der Waals surface area contributed by atoms with E-state index in [-0.39, 0.29) is 0 Å². The Morgan fingerprint density at radius 1 is 1.33 bits per heavy atom. The minimum Gasteiger partial charge on any atom is -0.354 e. The maximum atomic E-state index is 12.1. The first-order chi connectivity index (χ1) is 8.19. The molecule has 2 rings (SSSR count). The van der Waals surface area contributed by atoms with Crippen LogP contribution in [0.4, 0.5) is 13.2 Å². The molecular formula is C9H7F3N2O3S. The molecular weight excluding hydrogens is 273 g/mol. The topological polar surface area (TPSA) is 60.7 Å². The lowest BCUT2D eigenvalue weighted by atomic mass is 10.3.